The van der Waals surface area contributed by atoms with Crippen molar-refractivity contribution in [1.29, 1.82) is 0 Å². The third-order valence-corrected chi connectivity index (χ3v) is 2.19. The van der Waals surface area contributed by atoms with Crippen LogP contribution in [0.2, 0.25) is 0 Å². The molecule has 0 bridgehead atoms. The average Bonchev–Trinajstić information content (AvgIpc) is 2.33. The summed E-state index contributed by atoms with van der Waals surface area (Å²) in [7, 11) is 0. The van der Waals surface area contributed by atoms with Crippen molar-refractivity contribution >= 4 is 0 Å². The van der Waals surface area contributed by atoms with E-state index in [0.29, 0.717) is 5.82 Å². The molecule has 1 aromatic carbocycles. The minimum atomic E-state index is -0.554. The van der Waals surface area contributed by atoms with E-state index in [1.807, 2.05) is 24.3 Å². The van der Waals surface area contributed by atoms with Crippen molar-refractivity contribution in [1.82, 2.24) is 9.97 Å². The topological polar surface area (TPSA) is 66.0 Å². The van der Waals surface area contributed by atoms with Crippen LogP contribution in [0, 0.1) is 11.8 Å². The van der Waals surface area contributed by atoms with Crippen LogP contribution in [-0.4, -0.2) is 15.1 Å². The van der Waals surface area contributed by atoms with Crippen LogP contribution < -0.4 is 5.56 Å². The first-order valence-corrected chi connectivity index (χ1v) is 5.02. The number of hydrogen-bond donors (Lipinski definition) is 2. The number of benzene rings is 1. The lowest BCUT2D eigenvalue weighted by molar-refractivity contribution is 0.463. The van der Waals surface area contributed by atoms with Gasteiger partial charge in [0.25, 0.3) is 5.56 Å². The lowest BCUT2D eigenvalue weighted by atomic mass is 10.1. The molecule has 0 saturated carbocycles. The first kappa shape index (κ1) is 11.0. The molecule has 4 nitrogen and oxygen atoms in total. The number of rotatable bonds is 1. The minimum Gasteiger partial charge on any atom is -0.502 e. The van der Waals surface area contributed by atoms with Crippen LogP contribution in [0.1, 0.15) is 12.5 Å². The fraction of sp³-hybridized carbons (Fsp3) is 0.0769. The van der Waals surface area contributed by atoms with Gasteiger partial charge >= 0.3 is 0 Å². The van der Waals surface area contributed by atoms with Crippen LogP contribution in [0.15, 0.2) is 35.3 Å². The Balaban J connectivity index is 2.51. The molecular formula is C13H10N2O2. The molecule has 2 N–H and O–H groups in total. The highest BCUT2D eigenvalue weighted by atomic mass is 16.3. The van der Waals surface area contributed by atoms with E-state index < -0.39 is 11.3 Å². The van der Waals surface area contributed by atoms with Gasteiger partial charge in [-0.2, -0.15) is 0 Å². The molecule has 0 aliphatic heterocycles. The van der Waals surface area contributed by atoms with Gasteiger partial charge in [0.05, 0.1) is 6.20 Å². The molecule has 0 radical (unpaired) electrons. The second-order valence-corrected chi connectivity index (χ2v) is 3.40. The lowest BCUT2D eigenvalue weighted by Crippen LogP contribution is -2.07. The molecule has 0 amide bonds. The van der Waals surface area contributed by atoms with Gasteiger partial charge in [-0.15, -0.1) is 5.92 Å². The zero-order valence-electron chi connectivity index (χ0n) is 9.19. The normalized spacial score (nSPS) is 9.47. The summed E-state index contributed by atoms with van der Waals surface area (Å²) in [6, 6.07) is 7.35. The van der Waals surface area contributed by atoms with E-state index >= 15 is 0 Å². The van der Waals surface area contributed by atoms with Gasteiger partial charge < -0.3 is 10.1 Å². The Morgan fingerprint density at radius 1 is 1.41 bits per heavy atom. The molecule has 0 atom stereocenters. The molecule has 0 spiro atoms. The summed E-state index contributed by atoms with van der Waals surface area (Å²) < 4.78 is 0. The van der Waals surface area contributed by atoms with Crippen molar-refractivity contribution in [3.8, 4) is 29.0 Å². The number of hydrogen-bond acceptors (Lipinski definition) is 3. The smallest absolute Gasteiger partial charge is 0.293 e. The highest BCUT2D eigenvalue weighted by molar-refractivity contribution is 5.58. The van der Waals surface area contributed by atoms with Crippen LogP contribution in [0.25, 0.3) is 11.4 Å². The third kappa shape index (κ3) is 2.34. The zero-order valence-corrected chi connectivity index (χ0v) is 9.19. The zero-order chi connectivity index (χ0) is 12.3. The number of aromatic amines is 1. The molecule has 2 aromatic rings. The number of aromatic hydroxyl groups is 1. The summed E-state index contributed by atoms with van der Waals surface area (Å²) in [5, 5.41) is 9.10. The number of nitrogens with zero attached hydrogens (tertiary/aromatic N) is 1. The van der Waals surface area contributed by atoms with Crippen molar-refractivity contribution < 1.29 is 5.11 Å². The summed E-state index contributed by atoms with van der Waals surface area (Å²) >= 11 is 0. The Kier molecular flexibility index (Phi) is 2.93. The van der Waals surface area contributed by atoms with Gasteiger partial charge in [0.1, 0.15) is 5.82 Å². The van der Waals surface area contributed by atoms with Crippen molar-refractivity contribution in [3.63, 3.8) is 0 Å². The van der Waals surface area contributed by atoms with Crippen LogP contribution >= 0.6 is 0 Å². The summed E-state index contributed by atoms with van der Waals surface area (Å²) in [5.41, 5.74) is 1.05. The van der Waals surface area contributed by atoms with E-state index in [1.54, 1.807) is 6.92 Å². The van der Waals surface area contributed by atoms with Crippen molar-refractivity contribution in [2.45, 2.75) is 6.92 Å². The molecule has 17 heavy (non-hydrogen) atoms. The number of aromatic nitrogens is 2. The monoisotopic (exact) mass is 226 g/mol. The van der Waals surface area contributed by atoms with Crippen LogP contribution in [0.3, 0.4) is 0 Å². The van der Waals surface area contributed by atoms with Gasteiger partial charge in [0.2, 0.25) is 0 Å². The van der Waals surface area contributed by atoms with Crippen molar-refractivity contribution in [3.05, 3.63) is 46.4 Å². The molecule has 1 aromatic heterocycles. The van der Waals surface area contributed by atoms with E-state index in [2.05, 4.69) is 21.8 Å². The molecule has 0 unspecified atom stereocenters. The number of nitrogens with one attached hydrogen (secondary N) is 1. The SMILES string of the molecule is CC#Cc1cccc(-c2ncc(O)c(=O)[nH]2)c1. The molecular weight excluding hydrogens is 216 g/mol. The average molecular weight is 226 g/mol. The van der Waals surface area contributed by atoms with Crippen molar-refractivity contribution in [2.24, 2.45) is 0 Å². The third-order valence-electron chi connectivity index (χ3n) is 2.19. The van der Waals surface area contributed by atoms with Gasteiger partial charge in [-0.1, -0.05) is 18.1 Å². The molecule has 0 saturated heterocycles. The predicted molar refractivity (Wildman–Crippen MR) is 64.5 cm³/mol. The molecule has 0 fully saturated rings. The van der Waals surface area contributed by atoms with E-state index in [9.17, 15) is 4.79 Å². The maximum atomic E-state index is 11.3. The maximum absolute atomic E-state index is 11.3. The molecule has 84 valence electrons. The van der Waals surface area contributed by atoms with Crippen molar-refractivity contribution in [2.75, 3.05) is 0 Å². The van der Waals surface area contributed by atoms with Gasteiger partial charge in [0, 0.05) is 11.1 Å². The van der Waals surface area contributed by atoms with Crippen LogP contribution in [-0.2, 0) is 0 Å². The second-order valence-electron chi connectivity index (χ2n) is 3.40. The minimum absolute atomic E-state index is 0.391. The first-order chi connectivity index (χ1) is 8.20. The Morgan fingerprint density at radius 2 is 2.24 bits per heavy atom. The lowest BCUT2D eigenvalue weighted by Gasteiger charge is -2.01. The van der Waals surface area contributed by atoms with E-state index in [0.717, 1.165) is 17.3 Å². The Hall–Kier alpha value is -2.54. The summed E-state index contributed by atoms with van der Waals surface area (Å²) in [5.74, 6) is 5.74. The van der Waals surface area contributed by atoms with Crippen LogP contribution in [0.4, 0.5) is 0 Å². The fourth-order valence-electron chi connectivity index (χ4n) is 1.42. The van der Waals surface area contributed by atoms with Gasteiger partial charge in [-0.05, 0) is 19.1 Å². The second kappa shape index (κ2) is 4.54. The molecule has 1 heterocycles. The Bertz CT molecular complexity index is 663. The highest BCUT2D eigenvalue weighted by Gasteiger charge is 2.03. The fourth-order valence-corrected chi connectivity index (χ4v) is 1.42. The molecule has 0 aliphatic carbocycles. The maximum Gasteiger partial charge on any atom is 0.293 e. The van der Waals surface area contributed by atoms with E-state index in [1.165, 1.54) is 0 Å². The van der Waals surface area contributed by atoms with E-state index in [4.69, 9.17) is 5.11 Å². The predicted octanol–water partition coefficient (Wildman–Crippen LogP) is 1.51. The van der Waals surface area contributed by atoms with Gasteiger partial charge in [-0.3, -0.25) is 4.79 Å². The number of H-pyrrole nitrogens is 1. The van der Waals surface area contributed by atoms with Gasteiger partial charge in [-0.25, -0.2) is 4.98 Å². The largest absolute Gasteiger partial charge is 0.502 e. The molecule has 0 aliphatic rings. The van der Waals surface area contributed by atoms with Gasteiger partial charge in [0.15, 0.2) is 5.75 Å². The Morgan fingerprint density at radius 3 is 2.94 bits per heavy atom. The standard InChI is InChI=1S/C13H10N2O2/c1-2-4-9-5-3-6-10(7-9)12-14-8-11(16)13(17)15-12/h3,5-8,16H,1H3,(H,14,15,17). The molecule has 2 rings (SSSR count). The quantitative estimate of drug-likeness (QED) is 0.724. The summed E-state index contributed by atoms with van der Waals surface area (Å²) in [6.07, 6.45) is 1.13. The van der Waals surface area contributed by atoms with Crippen LogP contribution in [0.5, 0.6) is 5.75 Å². The van der Waals surface area contributed by atoms with E-state index in [-0.39, 0.29) is 0 Å². The molecule has 4 heteroatoms. The summed E-state index contributed by atoms with van der Waals surface area (Å²) in [4.78, 5) is 17.7. The summed E-state index contributed by atoms with van der Waals surface area (Å²) in [6.45, 7) is 1.76. The Labute approximate surface area is 98.0 Å². The first-order valence-electron chi connectivity index (χ1n) is 5.02. The highest BCUT2D eigenvalue weighted by Crippen LogP contribution is 2.15.